The van der Waals surface area contributed by atoms with E-state index in [1.165, 1.54) is 0 Å². The van der Waals surface area contributed by atoms with Crippen LogP contribution in [0.2, 0.25) is 0 Å². The first-order valence-corrected chi connectivity index (χ1v) is 9.30. The minimum atomic E-state index is -2.99. The molecule has 0 radical (unpaired) electrons. The molecule has 0 saturated carbocycles. The number of primary amides is 1. The number of aromatic nitrogens is 2. The average Bonchev–Trinajstić information content (AvgIpc) is 3.30. The van der Waals surface area contributed by atoms with Crippen LogP contribution in [0.1, 0.15) is 34.0 Å². The maximum absolute atomic E-state index is 13.3. The number of nitrogens with two attached hydrogens (primary N) is 1. The number of ketones is 1. The van der Waals surface area contributed by atoms with Gasteiger partial charge in [0.05, 0.1) is 5.56 Å². The maximum atomic E-state index is 13.3. The fourth-order valence-electron chi connectivity index (χ4n) is 3.19. The predicted molar refractivity (Wildman–Crippen MR) is 106 cm³/mol. The second-order valence-corrected chi connectivity index (χ2v) is 6.92. The fraction of sp³-hybridized carbons (Fsp3) is 0.238. The number of alkyl halides is 2. The third-order valence-electron chi connectivity index (χ3n) is 4.62. The van der Waals surface area contributed by atoms with Crippen LogP contribution < -0.4 is 11.1 Å². The van der Waals surface area contributed by atoms with Crippen LogP contribution in [0.3, 0.4) is 0 Å². The number of aryl methyl sites for hydroxylation is 2. The van der Waals surface area contributed by atoms with Gasteiger partial charge >= 0.3 is 6.55 Å². The van der Waals surface area contributed by atoms with E-state index in [4.69, 9.17) is 10.2 Å². The number of hydrogen-bond acceptors (Lipinski definition) is 5. The lowest BCUT2D eigenvalue weighted by Crippen LogP contribution is -2.47. The fourth-order valence-corrected chi connectivity index (χ4v) is 3.19. The monoisotopic (exact) mass is 430 g/mol. The zero-order chi connectivity index (χ0) is 22.7. The van der Waals surface area contributed by atoms with E-state index in [1.807, 2.05) is 0 Å². The van der Waals surface area contributed by atoms with E-state index in [2.05, 4.69) is 10.4 Å². The standard InChI is InChI=1S/C21H20F2N4O4/c1-11-8-14(12(2)31-11)17-15(10-27(26-17)21(22)23)20(30)25-16(18(28)19(24)29)9-13-6-4-3-5-7-13/h3-8,10,16,21H,9H2,1-2H3,(H2,24,29)(H,25,30). The Morgan fingerprint density at radius 2 is 1.87 bits per heavy atom. The highest BCUT2D eigenvalue weighted by Crippen LogP contribution is 2.29. The van der Waals surface area contributed by atoms with Gasteiger partial charge in [0.15, 0.2) is 0 Å². The lowest BCUT2D eigenvalue weighted by atomic mass is 10.0. The Morgan fingerprint density at radius 3 is 2.42 bits per heavy atom. The van der Waals surface area contributed by atoms with E-state index in [0.29, 0.717) is 27.3 Å². The Labute approximate surface area is 176 Å². The van der Waals surface area contributed by atoms with Gasteiger partial charge in [-0.15, -0.1) is 0 Å². The molecule has 1 aromatic carbocycles. The highest BCUT2D eigenvalue weighted by molar-refractivity contribution is 6.38. The van der Waals surface area contributed by atoms with Crippen molar-refractivity contribution in [1.29, 1.82) is 0 Å². The summed E-state index contributed by atoms with van der Waals surface area (Å²) in [7, 11) is 0. The molecule has 1 unspecified atom stereocenters. The van der Waals surface area contributed by atoms with Gasteiger partial charge < -0.3 is 15.5 Å². The Balaban J connectivity index is 1.97. The molecule has 1 atom stereocenters. The van der Waals surface area contributed by atoms with Gasteiger partial charge in [-0.3, -0.25) is 14.4 Å². The van der Waals surface area contributed by atoms with E-state index < -0.39 is 30.2 Å². The summed E-state index contributed by atoms with van der Waals surface area (Å²) >= 11 is 0. The van der Waals surface area contributed by atoms with Crippen LogP contribution >= 0.6 is 0 Å². The number of Topliss-reactive ketones (excluding diaryl/α,β-unsaturated/α-hetero) is 1. The SMILES string of the molecule is Cc1cc(-c2nn(C(F)F)cc2C(=O)NC(Cc2ccccc2)C(=O)C(N)=O)c(C)o1. The first kappa shape index (κ1) is 21.9. The van der Waals surface area contributed by atoms with Crippen molar-refractivity contribution in [2.75, 3.05) is 0 Å². The van der Waals surface area contributed by atoms with Gasteiger partial charge in [0.2, 0.25) is 5.78 Å². The molecule has 162 valence electrons. The number of rotatable bonds is 8. The summed E-state index contributed by atoms with van der Waals surface area (Å²) in [6.45, 7) is 0.295. The van der Waals surface area contributed by atoms with Gasteiger partial charge in [-0.1, -0.05) is 30.3 Å². The minimum absolute atomic E-state index is 0.00346. The van der Waals surface area contributed by atoms with Crippen molar-refractivity contribution in [3.05, 3.63) is 65.2 Å². The predicted octanol–water partition coefficient (Wildman–Crippen LogP) is 2.55. The van der Waals surface area contributed by atoms with Gasteiger partial charge in [0.25, 0.3) is 11.8 Å². The largest absolute Gasteiger partial charge is 0.466 e. The van der Waals surface area contributed by atoms with E-state index >= 15 is 0 Å². The van der Waals surface area contributed by atoms with Crippen LogP contribution in [-0.2, 0) is 16.0 Å². The third-order valence-corrected chi connectivity index (χ3v) is 4.62. The molecule has 3 N–H and O–H groups in total. The van der Waals surface area contributed by atoms with E-state index in [-0.39, 0.29) is 17.7 Å². The van der Waals surface area contributed by atoms with Crippen molar-refractivity contribution in [2.24, 2.45) is 5.73 Å². The second kappa shape index (κ2) is 8.90. The van der Waals surface area contributed by atoms with Crippen LogP contribution in [0.25, 0.3) is 11.3 Å². The molecule has 0 aliphatic rings. The summed E-state index contributed by atoms with van der Waals surface area (Å²) in [5.41, 5.74) is 5.94. The summed E-state index contributed by atoms with van der Waals surface area (Å²) in [6, 6.07) is 8.96. The van der Waals surface area contributed by atoms with Crippen molar-refractivity contribution < 1.29 is 27.6 Å². The van der Waals surface area contributed by atoms with E-state index in [0.717, 1.165) is 6.20 Å². The highest BCUT2D eigenvalue weighted by atomic mass is 19.3. The van der Waals surface area contributed by atoms with Crippen molar-refractivity contribution in [3.8, 4) is 11.3 Å². The Bertz CT molecular complexity index is 1120. The highest BCUT2D eigenvalue weighted by Gasteiger charge is 2.29. The molecule has 2 amide bonds. The van der Waals surface area contributed by atoms with Gasteiger partial charge in [-0.25, -0.2) is 4.68 Å². The molecule has 2 aromatic heterocycles. The zero-order valence-electron chi connectivity index (χ0n) is 16.8. The van der Waals surface area contributed by atoms with Crippen molar-refractivity contribution in [1.82, 2.24) is 15.1 Å². The van der Waals surface area contributed by atoms with Crippen LogP contribution in [0.15, 0.2) is 47.0 Å². The first-order valence-electron chi connectivity index (χ1n) is 9.30. The number of hydrogen-bond donors (Lipinski definition) is 2. The number of carbonyl (C=O) groups is 3. The smallest absolute Gasteiger partial charge is 0.333 e. The van der Waals surface area contributed by atoms with E-state index in [9.17, 15) is 23.2 Å². The number of furan rings is 1. The second-order valence-electron chi connectivity index (χ2n) is 6.92. The van der Waals surface area contributed by atoms with Crippen molar-refractivity contribution in [2.45, 2.75) is 32.9 Å². The Kier molecular flexibility index (Phi) is 6.28. The van der Waals surface area contributed by atoms with Gasteiger partial charge in [0, 0.05) is 18.2 Å². The number of carbonyl (C=O) groups excluding carboxylic acids is 3. The van der Waals surface area contributed by atoms with Crippen molar-refractivity contribution in [3.63, 3.8) is 0 Å². The molecule has 0 aliphatic heterocycles. The molecular formula is C21H20F2N4O4. The normalized spacial score (nSPS) is 12.0. The molecule has 0 aliphatic carbocycles. The maximum Gasteiger partial charge on any atom is 0.333 e. The molecule has 31 heavy (non-hydrogen) atoms. The lowest BCUT2D eigenvalue weighted by molar-refractivity contribution is -0.137. The molecule has 3 rings (SSSR count). The average molecular weight is 430 g/mol. The van der Waals surface area contributed by atoms with Crippen LogP contribution in [0, 0.1) is 13.8 Å². The Morgan fingerprint density at radius 1 is 1.19 bits per heavy atom. The topological polar surface area (TPSA) is 120 Å². The lowest BCUT2D eigenvalue weighted by Gasteiger charge is -2.16. The summed E-state index contributed by atoms with van der Waals surface area (Å²) in [6.07, 6.45) is 0.877. The van der Waals surface area contributed by atoms with Crippen molar-refractivity contribution >= 4 is 17.6 Å². The molecule has 0 bridgehead atoms. The minimum Gasteiger partial charge on any atom is -0.466 e. The quantitative estimate of drug-likeness (QED) is 0.532. The molecule has 8 nitrogen and oxygen atoms in total. The van der Waals surface area contributed by atoms with Gasteiger partial charge in [0.1, 0.15) is 23.3 Å². The Hall–Kier alpha value is -3.82. The summed E-state index contributed by atoms with van der Waals surface area (Å²) in [4.78, 5) is 36.7. The molecule has 10 heteroatoms. The van der Waals surface area contributed by atoms with E-state index in [1.54, 1.807) is 50.2 Å². The molecule has 0 fully saturated rings. The van der Waals surface area contributed by atoms with Crippen LogP contribution in [0.5, 0.6) is 0 Å². The summed E-state index contributed by atoms with van der Waals surface area (Å²) < 4.78 is 32.3. The third kappa shape index (κ3) is 4.85. The number of benzene rings is 1. The summed E-state index contributed by atoms with van der Waals surface area (Å²) in [5, 5.41) is 6.25. The number of nitrogens with zero attached hydrogens (tertiary/aromatic N) is 2. The molecular weight excluding hydrogens is 410 g/mol. The number of amides is 2. The van der Waals surface area contributed by atoms with Gasteiger partial charge in [-0.2, -0.15) is 13.9 Å². The zero-order valence-corrected chi connectivity index (χ0v) is 16.8. The molecule has 3 aromatic rings. The van der Waals surface area contributed by atoms with Gasteiger partial charge in [-0.05, 0) is 25.5 Å². The molecule has 2 heterocycles. The summed E-state index contributed by atoms with van der Waals surface area (Å²) in [5.74, 6) is -2.17. The molecule has 0 spiro atoms. The molecule has 0 saturated heterocycles. The number of halogens is 2. The first-order chi connectivity index (χ1) is 14.7. The number of nitrogens with one attached hydrogen (secondary N) is 1. The van der Waals surface area contributed by atoms with Crippen LogP contribution in [-0.4, -0.2) is 33.4 Å². The van der Waals surface area contributed by atoms with Crippen LogP contribution in [0.4, 0.5) is 8.78 Å².